The largest absolute Gasteiger partial charge is 0.439 e. The van der Waals surface area contributed by atoms with Gasteiger partial charge in [0.2, 0.25) is 11.8 Å². The van der Waals surface area contributed by atoms with Crippen molar-refractivity contribution in [1.29, 1.82) is 0 Å². The summed E-state index contributed by atoms with van der Waals surface area (Å²) in [6, 6.07) is 5.45. The zero-order valence-electron chi connectivity index (χ0n) is 11.2. The van der Waals surface area contributed by atoms with Crippen molar-refractivity contribution >= 4 is 22.7 Å². The lowest BCUT2D eigenvalue weighted by Gasteiger charge is -2.29. The summed E-state index contributed by atoms with van der Waals surface area (Å²) < 4.78 is 5.70. The molecule has 6 nitrogen and oxygen atoms in total. The maximum atomic E-state index is 11.1. The summed E-state index contributed by atoms with van der Waals surface area (Å²) in [5.41, 5.74) is 13.3. The Bertz CT molecular complexity index is 629. The molecule has 2 heterocycles. The van der Waals surface area contributed by atoms with Gasteiger partial charge in [0.1, 0.15) is 5.52 Å². The van der Waals surface area contributed by atoms with Crippen LogP contribution < -0.4 is 11.5 Å². The maximum absolute atomic E-state index is 11.1. The number of amides is 1. The van der Waals surface area contributed by atoms with E-state index in [1.807, 2.05) is 12.1 Å². The highest BCUT2D eigenvalue weighted by Gasteiger charge is 2.24. The second-order valence-corrected chi connectivity index (χ2v) is 5.29. The fourth-order valence-electron chi connectivity index (χ4n) is 2.62. The highest BCUT2D eigenvalue weighted by atomic mass is 16.3. The number of piperidine rings is 1. The zero-order chi connectivity index (χ0) is 14.1. The normalized spacial score (nSPS) is 17.6. The highest BCUT2D eigenvalue weighted by molar-refractivity contribution is 5.77. The smallest absolute Gasteiger partial charge is 0.220 e. The minimum absolute atomic E-state index is 0.00896. The Labute approximate surface area is 116 Å². The van der Waals surface area contributed by atoms with Gasteiger partial charge in [0.05, 0.1) is 6.54 Å². The Morgan fingerprint density at radius 3 is 2.85 bits per heavy atom. The number of carbonyl (C=O) groups is 1. The quantitative estimate of drug-likeness (QED) is 0.817. The number of nitrogens with two attached hydrogens (primary N) is 2. The van der Waals surface area contributed by atoms with Gasteiger partial charge in [-0.2, -0.15) is 0 Å². The van der Waals surface area contributed by atoms with Crippen molar-refractivity contribution < 1.29 is 9.21 Å². The van der Waals surface area contributed by atoms with Gasteiger partial charge >= 0.3 is 0 Å². The zero-order valence-corrected chi connectivity index (χ0v) is 11.2. The second kappa shape index (κ2) is 5.13. The number of nitrogen functional groups attached to an aromatic ring is 1. The molecule has 0 spiro atoms. The van der Waals surface area contributed by atoms with Gasteiger partial charge in [-0.15, -0.1) is 0 Å². The Balaban J connectivity index is 1.66. The molecule has 2 aromatic rings. The first-order valence-corrected chi connectivity index (χ1v) is 6.78. The van der Waals surface area contributed by atoms with Gasteiger partial charge in [0.15, 0.2) is 5.58 Å². The van der Waals surface area contributed by atoms with Gasteiger partial charge < -0.3 is 15.9 Å². The number of hydrogen-bond donors (Lipinski definition) is 2. The van der Waals surface area contributed by atoms with Crippen LogP contribution in [0, 0.1) is 5.92 Å². The number of likely N-dealkylation sites (tertiary alicyclic amines) is 1. The molecule has 0 radical (unpaired) electrons. The van der Waals surface area contributed by atoms with E-state index in [2.05, 4.69) is 9.88 Å². The molecule has 6 heteroatoms. The average molecular weight is 274 g/mol. The number of rotatable bonds is 3. The molecule has 3 rings (SSSR count). The lowest BCUT2D eigenvalue weighted by Crippen LogP contribution is -2.38. The molecule has 1 aliphatic rings. The summed E-state index contributed by atoms with van der Waals surface area (Å²) in [4.78, 5) is 17.8. The Kier molecular flexibility index (Phi) is 3.31. The van der Waals surface area contributed by atoms with Crippen molar-refractivity contribution in [2.45, 2.75) is 19.4 Å². The van der Waals surface area contributed by atoms with E-state index < -0.39 is 0 Å². The van der Waals surface area contributed by atoms with Crippen LogP contribution >= 0.6 is 0 Å². The van der Waals surface area contributed by atoms with E-state index in [1.165, 1.54) is 0 Å². The minimum Gasteiger partial charge on any atom is -0.439 e. The van der Waals surface area contributed by atoms with E-state index >= 15 is 0 Å². The molecule has 1 aromatic carbocycles. The molecule has 0 bridgehead atoms. The Hall–Kier alpha value is -2.08. The van der Waals surface area contributed by atoms with Crippen LogP contribution in [0.15, 0.2) is 22.6 Å². The molecule has 20 heavy (non-hydrogen) atoms. The average Bonchev–Trinajstić information content (AvgIpc) is 2.80. The second-order valence-electron chi connectivity index (χ2n) is 5.29. The number of hydrogen-bond acceptors (Lipinski definition) is 5. The number of carbonyl (C=O) groups excluding carboxylic acids is 1. The Morgan fingerprint density at radius 1 is 1.40 bits per heavy atom. The van der Waals surface area contributed by atoms with E-state index in [0.29, 0.717) is 23.7 Å². The molecule has 106 valence electrons. The molecule has 0 saturated carbocycles. The summed E-state index contributed by atoms with van der Waals surface area (Å²) in [6.07, 6.45) is 1.62. The van der Waals surface area contributed by atoms with Crippen molar-refractivity contribution in [3.05, 3.63) is 24.1 Å². The molecule has 0 atom stereocenters. The lowest BCUT2D eigenvalue weighted by atomic mass is 9.96. The molecular weight excluding hydrogens is 256 g/mol. The molecule has 1 fully saturated rings. The van der Waals surface area contributed by atoms with Crippen LogP contribution in [0.2, 0.25) is 0 Å². The molecule has 0 unspecified atom stereocenters. The number of oxazole rings is 1. The van der Waals surface area contributed by atoms with Gasteiger partial charge in [-0.05, 0) is 38.1 Å². The minimum atomic E-state index is -0.193. The van der Waals surface area contributed by atoms with E-state index in [4.69, 9.17) is 15.9 Å². The monoisotopic (exact) mass is 274 g/mol. The summed E-state index contributed by atoms with van der Waals surface area (Å²) in [6.45, 7) is 2.34. The van der Waals surface area contributed by atoms with Crippen molar-refractivity contribution in [1.82, 2.24) is 9.88 Å². The fraction of sp³-hybridized carbons (Fsp3) is 0.429. The molecule has 1 aromatic heterocycles. The molecule has 4 N–H and O–H groups in total. The van der Waals surface area contributed by atoms with E-state index in [1.54, 1.807) is 6.07 Å². The third-order valence-corrected chi connectivity index (χ3v) is 3.81. The van der Waals surface area contributed by atoms with Crippen LogP contribution in [0.4, 0.5) is 5.69 Å². The molecule has 1 amide bonds. The summed E-state index contributed by atoms with van der Waals surface area (Å²) in [7, 11) is 0. The third kappa shape index (κ3) is 2.60. The molecule has 1 saturated heterocycles. The van der Waals surface area contributed by atoms with Crippen LogP contribution in [-0.4, -0.2) is 28.9 Å². The van der Waals surface area contributed by atoms with Gasteiger partial charge in [0.25, 0.3) is 0 Å². The molecule has 0 aliphatic carbocycles. The van der Waals surface area contributed by atoms with E-state index in [9.17, 15) is 4.79 Å². The van der Waals surface area contributed by atoms with Crippen LogP contribution in [0.3, 0.4) is 0 Å². The number of anilines is 1. The number of benzene rings is 1. The first-order valence-electron chi connectivity index (χ1n) is 6.78. The number of nitrogens with zero attached hydrogens (tertiary/aromatic N) is 2. The standard InChI is InChI=1S/C14H18N4O2/c15-10-1-2-11-12(7-10)20-13(17-11)8-18-5-3-9(4-6-18)14(16)19/h1-2,7,9H,3-6,8,15H2,(H2,16,19). The topological polar surface area (TPSA) is 98.4 Å². The lowest BCUT2D eigenvalue weighted by molar-refractivity contribution is -0.123. The highest BCUT2D eigenvalue weighted by Crippen LogP contribution is 2.22. The van der Waals surface area contributed by atoms with Crippen LogP contribution in [0.5, 0.6) is 0 Å². The number of primary amides is 1. The van der Waals surface area contributed by atoms with Crippen LogP contribution in [-0.2, 0) is 11.3 Å². The fourth-order valence-corrected chi connectivity index (χ4v) is 2.62. The van der Waals surface area contributed by atoms with Crippen molar-refractivity contribution in [3.63, 3.8) is 0 Å². The predicted octanol–water partition coefficient (Wildman–Crippen LogP) is 1.11. The first-order chi connectivity index (χ1) is 9.61. The summed E-state index contributed by atoms with van der Waals surface area (Å²) in [5.74, 6) is 0.500. The summed E-state index contributed by atoms with van der Waals surface area (Å²) >= 11 is 0. The van der Waals surface area contributed by atoms with Crippen molar-refractivity contribution in [2.75, 3.05) is 18.8 Å². The van der Waals surface area contributed by atoms with Crippen LogP contribution in [0.25, 0.3) is 11.1 Å². The summed E-state index contributed by atoms with van der Waals surface area (Å²) in [5, 5.41) is 0. The van der Waals surface area contributed by atoms with Crippen molar-refractivity contribution in [3.8, 4) is 0 Å². The predicted molar refractivity (Wildman–Crippen MR) is 75.6 cm³/mol. The Morgan fingerprint density at radius 2 is 2.15 bits per heavy atom. The number of aromatic nitrogens is 1. The van der Waals surface area contributed by atoms with E-state index in [0.717, 1.165) is 31.4 Å². The van der Waals surface area contributed by atoms with Gasteiger partial charge in [-0.1, -0.05) is 0 Å². The molecule has 1 aliphatic heterocycles. The third-order valence-electron chi connectivity index (χ3n) is 3.81. The first kappa shape index (κ1) is 12.9. The molecular formula is C14H18N4O2. The van der Waals surface area contributed by atoms with Gasteiger partial charge in [0, 0.05) is 17.7 Å². The van der Waals surface area contributed by atoms with Crippen molar-refractivity contribution in [2.24, 2.45) is 11.7 Å². The van der Waals surface area contributed by atoms with Gasteiger partial charge in [-0.3, -0.25) is 9.69 Å². The number of fused-ring (bicyclic) bond motifs is 1. The van der Waals surface area contributed by atoms with Crippen LogP contribution in [0.1, 0.15) is 18.7 Å². The van der Waals surface area contributed by atoms with E-state index in [-0.39, 0.29) is 11.8 Å². The SMILES string of the molecule is NC(=O)C1CCN(Cc2nc3ccc(N)cc3o2)CC1. The van der Waals surface area contributed by atoms with Gasteiger partial charge in [-0.25, -0.2) is 4.98 Å². The maximum Gasteiger partial charge on any atom is 0.220 e.